The van der Waals surface area contributed by atoms with Crippen LogP contribution in [0.25, 0.3) is 21.9 Å². The van der Waals surface area contributed by atoms with Crippen LogP contribution in [0.5, 0.6) is 0 Å². The molecule has 0 spiro atoms. The lowest BCUT2D eigenvalue weighted by Crippen LogP contribution is -2.12. The third-order valence-electron chi connectivity index (χ3n) is 6.66. The van der Waals surface area contributed by atoms with Crippen molar-refractivity contribution < 1.29 is 12.9 Å². The van der Waals surface area contributed by atoms with Gasteiger partial charge in [-0.3, -0.25) is 4.52 Å². The molecule has 3 aromatic rings. The van der Waals surface area contributed by atoms with Gasteiger partial charge < -0.3 is 8.39 Å². The van der Waals surface area contributed by atoms with Crippen molar-refractivity contribution in [1.82, 2.24) is 0 Å². The largest absolute Gasteiger partial charge is 0.399 e. The van der Waals surface area contributed by atoms with Crippen LogP contribution in [0.1, 0.15) is 103 Å². The van der Waals surface area contributed by atoms with Gasteiger partial charge in [-0.05, 0) is 60.3 Å². The molecule has 0 saturated heterocycles. The fourth-order valence-corrected chi connectivity index (χ4v) is 5.71. The Labute approximate surface area is 207 Å². The molecule has 0 amide bonds. The number of fused-ring (bicyclic) bond motifs is 3. The first-order chi connectivity index (χ1) is 15.8. The summed E-state index contributed by atoms with van der Waals surface area (Å²) in [6.45, 7) is 23.0. The summed E-state index contributed by atoms with van der Waals surface area (Å²) >= 11 is 0. The Bertz CT molecular complexity index is 1090. The van der Waals surface area contributed by atoms with E-state index < -0.39 is 8.24 Å². The lowest BCUT2D eigenvalue weighted by molar-refractivity contribution is 0.276. The molecule has 0 aliphatic carbocycles. The van der Waals surface area contributed by atoms with Crippen LogP contribution in [0, 0.1) is 19.8 Å². The molecule has 3 nitrogen and oxygen atoms in total. The molecule has 2 aromatic carbocycles. The predicted octanol–water partition coefficient (Wildman–Crippen LogP) is 10.1. The molecule has 0 bridgehead atoms. The lowest BCUT2D eigenvalue weighted by Gasteiger charge is -2.21. The zero-order valence-electron chi connectivity index (χ0n) is 23.1. The Hall–Kier alpha value is -1.70. The zero-order chi connectivity index (χ0) is 25.3. The van der Waals surface area contributed by atoms with Crippen LogP contribution in [-0.4, -0.2) is 6.61 Å². The van der Waals surface area contributed by atoms with Crippen LogP contribution >= 0.6 is 8.24 Å². The summed E-state index contributed by atoms with van der Waals surface area (Å²) in [6.07, 6.45) is 4.73. The summed E-state index contributed by atoms with van der Waals surface area (Å²) in [5, 5.41) is 2.22. The Morgan fingerprint density at radius 3 is 1.65 bits per heavy atom. The van der Waals surface area contributed by atoms with Gasteiger partial charge in [-0.25, -0.2) is 0 Å². The van der Waals surface area contributed by atoms with Crippen molar-refractivity contribution in [3.8, 4) is 0 Å². The summed E-state index contributed by atoms with van der Waals surface area (Å²) in [4.78, 5) is 0. The van der Waals surface area contributed by atoms with E-state index in [1.54, 1.807) is 0 Å². The number of benzene rings is 2. The van der Waals surface area contributed by atoms with Crippen LogP contribution < -0.4 is 4.52 Å². The minimum Gasteiger partial charge on any atom is -0.399 e. The number of aryl methyl sites for hydroxylation is 2. The van der Waals surface area contributed by atoms with Gasteiger partial charge in [0, 0.05) is 21.9 Å². The Balaban J connectivity index is 2.37. The Morgan fingerprint density at radius 2 is 1.26 bits per heavy atom. The smallest absolute Gasteiger partial charge is 0.387 e. The first kappa shape index (κ1) is 26.9. The second kappa shape index (κ2) is 10.5. The van der Waals surface area contributed by atoms with Crippen LogP contribution in [0.15, 0.2) is 32.7 Å². The van der Waals surface area contributed by atoms with E-state index in [1.807, 2.05) is 0 Å². The molecule has 4 heteroatoms. The second-order valence-corrected chi connectivity index (χ2v) is 13.1. The number of hydrogen-bond acceptors (Lipinski definition) is 3. The highest BCUT2D eigenvalue weighted by Gasteiger charge is 2.25. The maximum absolute atomic E-state index is 6.68. The molecule has 0 aliphatic rings. The molecule has 0 N–H and O–H groups in total. The van der Waals surface area contributed by atoms with Gasteiger partial charge in [0.2, 0.25) is 0 Å². The van der Waals surface area contributed by atoms with Gasteiger partial charge in [0.25, 0.3) is 0 Å². The van der Waals surface area contributed by atoms with Gasteiger partial charge in [-0.2, -0.15) is 0 Å². The minimum absolute atomic E-state index is 0.0641. The Morgan fingerprint density at radius 1 is 0.794 bits per heavy atom. The van der Waals surface area contributed by atoms with Crippen LogP contribution in [0.3, 0.4) is 0 Å². The monoisotopic (exact) mass is 484 g/mol. The summed E-state index contributed by atoms with van der Waals surface area (Å²) < 4.78 is 19.8. The third kappa shape index (κ3) is 6.10. The van der Waals surface area contributed by atoms with E-state index >= 15 is 0 Å². The lowest BCUT2D eigenvalue weighted by atomic mass is 9.83. The van der Waals surface area contributed by atoms with E-state index in [4.69, 9.17) is 12.9 Å². The number of hydrogen-bond donors (Lipinski definition) is 0. The topological polar surface area (TPSA) is 35.5 Å². The van der Waals surface area contributed by atoms with Crippen molar-refractivity contribution in [2.24, 2.45) is 5.92 Å². The van der Waals surface area contributed by atoms with E-state index in [0.717, 1.165) is 28.4 Å². The molecule has 1 atom stereocenters. The summed E-state index contributed by atoms with van der Waals surface area (Å²) in [5.41, 5.74) is 6.56. The first-order valence-electron chi connectivity index (χ1n) is 12.9. The standard InChI is InChI=1S/C30H45O3P/c1-11-13-14-22(12-2)19-31-34-32-27-23(15-20(3)17-25(27)29(5,6)7)24-16-21(4)18-26(28(24)33-34)30(8,9)10/h15-18,22H,11-14,19H2,1-10H3. The highest BCUT2D eigenvalue weighted by molar-refractivity contribution is 7.31. The average Bonchev–Trinajstić information content (AvgIpc) is 2.88. The molecule has 0 aliphatic heterocycles. The maximum atomic E-state index is 6.68. The molecule has 188 valence electrons. The summed E-state index contributed by atoms with van der Waals surface area (Å²) in [7, 11) is -1.57. The maximum Gasteiger partial charge on any atom is 0.387 e. The van der Waals surface area contributed by atoms with Crippen molar-refractivity contribution in [2.75, 3.05) is 6.61 Å². The summed E-state index contributed by atoms with van der Waals surface area (Å²) in [6, 6.07) is 9.00. The normalized spacial score (nSPS) is 13.6. The van der Waals surface area contributed by atoms with Gasteiger partial charge in [0.15, 0.2) is 0 Å². The van der Waals surface area contributed by atoms with E-state index in [2.05, 4.69) is 93.5 Å². The van der Waals surface area contributed by atoms with Gasteiger partial charge >= 0.3 is 8.24 Å². The molecule has 1 aromatic heterocycles. The fourth-order valence-electron chi connectivity index (χ4n) is 4.54. The van der Waals surface area contributed by atoms with E-state index in [9.17, 15) is 0 Å². The van der Waals surface area contributed by atoms with Crippen molar-refractivity contribution >= 4 is 30.2 Å². The van der Waals surface area contributed by atoms with Crippen LogP contribution in [-0.2, 0) is 10.8 Å². The molecule has 0 radical (unpaired) electrons. The second-order valence-electron chi connectivity index (χ2n) is 12.0. The molecule has 3 rings (SSSR count). The number of unbranched alkanes of at least 4 members (excludes halogenated alkanes) is 1. The van der Waals surface area contributed by atoms with Crippen molar-refractivity contribution in [3.05, 3.63) is 46.5 Å². The molecule has 0 fully saturated rings. The molecule has 1 heterocycles. The van der Waals surface area contributed by atoms with Crippen molar-refractivity contribution in [2.45, 2.75) is 106 Å². The quantitative estimate of drug-likeness (QED) is 0.334. The molecular weight excluding hydrogens is 439 g/mol. The SMILES string of the molecule is CCCCC(CC)COp1oc2c(C(C)(C)C)cc(C)cc2c2cc(C)cc(C(C)(C)C)c2o1. The van der Waals surface area contributed by atoms with E-state index in [1.165, 1.54) is 41.5 Å². The van der Waals surface area contributed by atoms with Crippen LogP contribution in [0.4, 0.5) is 0 Å². The van der Waals surface area contributed by atoms with Gasteiger partial charge in [-0.15, -0.1) is 0 Å². The highest BCUT2D eigenvalue weighted by Crippen LogP contribution is 2.42. The highest BCUT2D eigenvalue weighted by atomic mass is 31.1. The summed E-state index contributed by atoms with van der Waals surface area (Å²) in [5.74, 6) is 0.525. The molecular formula is C30H45O3P. The predicted molar refractivity (Wildman–Crippen MR) is 148 cm³/mol. The first-order valence-corrected chi connectivity index (χ1v) is 14.0. The zero-order valence-corrected chi connectivity index (χ0v) is 24.0. The Kier molecular flexibility index (Phi) is 8.31. The van der Waals surface area contributed by atoms with Crippen LogP contribution in [0.2, 0.25) is 0 Å². The van der Waals surface area contributed by atoms with E-state index in [0.29, 0.717) is 12.5 Å². The van der Waals surface area contributed by atoms with Crippen molar-refractivity contribution in [1.29, 1.82) is 0 Å². The van der Waals surface area contributed by atoms with Crippen molar-refractivity contribution in [3.63, 3.8) is 0 Å². The molecule has 1 unspecified atom stereocenters. The number of rotatable bonds is 7. The minimum atomic E-state index is -1.57. The van der Waals surface area contributed by atoms with Gasteiger partial charge in [-0.1, -0.05) is 86.8 Å². The van der Waals surface area contributed by atoms with Gasteiger partial charge in [0.1, 0.15) is 11.2 Å². The third-order valence-corrected chi connectivity index (χ3v) is 7.69. The molecule has 34 heavy (non-hydrogen) atoms. The van der Waals surface area contributed by atoms with Gasteiger partial charge in [0.05, 0.1) is 6.61 Å². The fraction of sp³-hybridized carbons (Fsp3) is 0.600. The molecule has 0 saturated carbocycles. The average molecular weight is 485 g/mol. The van der Waals surface area contributed by atoms with E-state index in [-0.39, 0.29) is 10.8 Å².